The van der Waals surface area contributed by atoms with Crippen LogP contribution in [0.5, 0.6) is 0 Å². The smallest absolute Gasteiger partial charge is 0.224 e. The lowest BCUT2D eigenvalue weighted by atomic mass is 10.3. The maximum Gasteiger partial charge on any atom is 0.224 e. The standard InChI is InChI=1S/C13H16N6S/c1-9-6-14-12(17-11(9)18(2)3)15-7-10-8-19-4-5-20-13(19)16-10/h4-6,8H,7H2,1-3H3,(H,14,15,17). The summed E-state index contributed by atoms with van der Waals surface area (Å²) >= 11 is 1.62. The number of nitrogens with one attached hydrogen (secondary N) is 1. The molecule has 6 nitrogen and oxygen atoms in total. The first-order chi connectivity index (χ1) is 9.63. The van der Waals surface area contributed by atoms with E-state index in [4.69, 9.17) is 0 Å². The number of imidazole rings is 1. The van der Waals surface area contributed by atoms with Crippen molar-refractivity contribution in [3.63, 3.8) is 0 Å². The van der Waals surface area contributed by atoms with Crippen molar-refractivity contribution in [2.24, 2.45) is 0 Å². The van der Waals surface area contributed by atoms with Crippen LogP contribution in [0.2, 0.25) is 0 Å². The van der Waals surface area contributed by atoms with Crippen molar-refractivity contribution in [1.82, 2.24) is 19.4 Å². The van der Waals surface area contributed by atoms with Crippen LogP contribution in [0.3, 0.4) is 0 Å². The molecule has 3 rings (SSSR count). The summed E-state index contributed by atoms with van der Waals surface area (Å²) in [6, 6.07) is 0. The van der Waals surface area contributed by atoms with Gasteiger partial charge in [-0.05, 0) is 6.92 Å². The van der Waals surface area contributed by atoms with Crippen LogP contribution in [0, 0.1) is 6.92 Å². The van der Waals surface area contributed by atoms with Crippen LogP contribution in [0.4, 0.5) is 11.8 Å². The second kappa shape index (κ2) is 5.09. The van der Waals surface area contributed by atoms with Crippen molar-refractivity contribution in [2.75, 3.05) is 24.3 Å². The zero-order valence-electron chi connectivity index (χ0n) is 11.7. The van der Waals surface area contributed by atoms with Crippen molar-refractivity contribution in [2.45, 2.75) is 13.5 Å². The van der Waals surface area contributed by atoms with Gasteiger partial charge in [0.2, 0.25) is 5.95 Å². The van der Waals surface area contributed by atoms with E-state index in [-0.39, 0.29) is 0 Å². The van der Waals surface area contributed by atoms with E-state index in [1.807, 2.05) is 54.3 Å². The number of aryl methyl sites for hydroxylation is 1. The van der Waals surface area contributed by atoms with Gasteiger partial charge in [-0.1, -0.05) is 0 Å². The Hall–Kier alpha value is -2.15. The molecule has 0 saturated carbocycles. The number of hydrogen-bond donors (Lipinski definition) is 1. The summed E-state index contributed by atoms with van der Waals surface area (Å²) in [4.78, 5) is 16.3. The van der Waals surface area contributed by atoms with Gasteiger partial charge in [0.15, 0.2) is 4.96 Å². The first-order valence-corrected chi connectivity index (χ1v) is 7.17. The van der Waals surface area contributed by atoms with Crippen molar-refractivity contribution >= 4 is 28.1 Å². The second-order valence-electron chi connectivity index (χ2n) is 4.77. The minimum Gasteiger partial charge on any atom is -0.362 e. The van der Waals surface area contributed by atoms with Crippen LogP contribution >= 0.6 is 11.3 Å². The van der Waals surface area contributed by atoms with Crippen LogP contribution in [-0.4, -0.2) is 33.4 Å². The van der Waals surface area contributed by atoms with Crippen LogP contribution < -0.4 is 10.2 Å². The van der Waals surface area contributed by atoms with Gasteiger partial charge in [-0.3, -0.25) is 4.40 Å². The summed E-state index contributed by atoms with van der Waals surface area (Å²) in [5, 5.41) is 5.23. The number of nitrogens with zero attached hydrogens (tertiary/aromatic N) is 5. The summed E-state index contributed by atoms with van der Waals surface area (Å²) in [7, 11) is 3.95. The molecule has 0 spiro atoms. The molecule has 0 unspecified atom stereocenters. The Bertz CT molecular complexity index is 701. The van der Waals surface area contributed by atoms with Gasteiger partial charge in [-0.25, -0.2) is 9.97 Å². The van der Waals surface area contributed by atoms with E-state index in [1.54, 1.807) is 11.3 Å². The van der Waals surface area contributed by atoms with Crippen LogP contribution in [-0.2, 0) is 6.54 Å². The van der Waals surface area contributed by atoms with Gasteiger partial charge in [0.1, 0.15) is 5.82 Å². The highest BCUT2D eigenvalue weighted by molar-refractivity contribution is 7.15. The first-order valence-electron chi connectivity index (χ1n) is 6.29. The lowest BCUT2D eigenvalue weighted by Gasteiger charge is -2.14. The van der Waals surface area contributed by atoms with E-state index in [9.17, 15) is 0 Å². The summed E-state index contributed by atoms with van der Waals surface area (Å²) < 4.78 is 2.02. The molecule has 7 heteroatoms. The third kappa shape index (κ3) is 2.44. The first kappa shape index (κ1) is 12.9. The van der Waals surface area contributed by atoms with Crippen molar-refractivity contribution in [3.8, 4) is 0 Å². The zero-order chi connectivity index (χ0) is 14.1. The van der Waals surface area contributed by atoms with E-state index in [2.05, 4.69) is 20.3 Å². The SMILES string of the molecule is Cc1cnc(NCc2cn3ccsc3n2)nc1N(C)C. The lowest BCUT2D eigenvalue weighted by Crippen LogP contribution is -2.14. The third-order valence-corrected chi connectivity index (χ3v) is 3.71. The fourth-order valence-electron chi connectivity index (χ4n) is 2.00. The molecule has 0 fully saturated rings. The van der Waals surface area contributed by atoms with E-state index in [1.165, 1.54) is 0 Å². The Labute approximate surface area is 121 Å². The highest BCUT2D eigenvalue weighted by Gasteiger charge is 2.07. The summed E-state index contributed by atoms with van der Waals surface area (Å²) in [6.07, 6.45) is 5.85. The van der Waals surface area contributed by atoms with E-state index >= 15 is 0 Å². The fraction of sp³-hybridized carbons (Fsp3) is 0.308. The third-order valence-electron chi connectivity index (χ3n) is 2.94. The average molecular weight is 288 g/mol. The van der Waals surface area contributed by atoms with Crippen molar-refractivity contribution in [1.29, 1.82) is 0 Å². The molecule has 0 radical (unpaired) electrons. The number of anilines is 2. The fourth-order valence-corrected chi connectivity index (χ4v) is 2.72. The molecule has 0 saturated heterocycles. The number of hydrogen-bond acceptors (Lipinski definition) is 6. The monoisotopic (exact) mass is 288 g/mol. The molecule has 0 aromatic carbocycles. The average Bonchev–Trinajstić information content (AvgIpc) is 2.98. The normalized spacial score (nSPS) is 10.9. The highest BCUT2D eigenvalue weighted by Crippen LogP contribution is 2.16. The van der Waals surface area contributed by atoms with Gasteiger partial charge < -0.3 is 10.2 Å². The number of rotatable bonds is 4. The zero-order valence-corrected chi connectivity index (χ0v) is 12.5. The second-order valence-corrected chi connectivity index (χ2v) is 5.65. The van der Waals surface area contributed by atoms with E-state index in [0.29, 0.717) is 12.5 Å². The summed E-state index contributed by atoms with van der Waals surface area (Å²) in [5.41, 5.74) is 2.04. The molecule has 20 heavy (non-hydrogen) atoms. The maximum atomic E-state index is 4.52. The molecule has 1 N–H and O–H groups in total. The van der Waals surface area contributed by atoms with Crippen LogP contribution in [0.15, 0.2) is 24.0 Å². The van der Waals surface area contributed by atoms with Gasteiger partial charge in [-0.2, -0.15) is 4.98 Å². The minimum absolute atomic E-state index is 0.615. The predicted molar refractivity (Wildman–Crippen MR) is 81.5 cm³/mol. The lowest BCUT2D eigenvalue weighted by molar-refractivity contribution is 0.978. The molecule has 0 aliphatic heterocycles. The van der Waals surface area contributed by atoms with E-state index in [0.717, 1.165) is 22.0 Å². The van der Waals surface area contributed by atoms with Crippen LogP contribution in [0.25, 0.3) is 4.96 Å². The molecular weight excluding hydrogens is 272 g/mol. The number of thiazole rings is 1. The van der Waals surface area contributed by atoms with Gasteiger partial charge >= 0.3 is 0 Å². The topological polar surface area (TPSA) is 58.4 Å². The molecular formula is C13H16N6S. The number of fused-ring (bicyclic) bond motifs is 1. The highest BCUT2D eigenvalue weighted by atomic mass is 32.1. The van der Waals surface area contributed by atoms with Crippen molar-refractivity contribution in [3.05, 3.63) is 35.2 Å². The molecule has 104 valence electrons. The van der Waals surface area contributed by atoms with Crippen molar-refractivity contribution < 1.29 is 0 Å². The minimum atomic E-state index is 0.615. The number of aromatic nitrogens is 4. The molecule has 0 atom stereocenters. The quantitative estimate of drug-likeness (QED) is 0.797. The molecule has 0 aliphatic rings. The van der Waals surface area contributed by atoms with Gasteiger partial charge in [0, 0.05) is 43.6 Å². The Kier molecular flexibility index (Phi) is 3.27. The molecule has 3 heterocycles. The summed E-state index contributed by atoms with van der Waals surface area (Å²) in [6.45, 7) is 2.62. The summed E-state index contributed by atoms with van der Waals surface area (Å²) in [5.74, 6) is 1.55. The molecule has 3 aromatic rings. The van der Waals surface area contributed by atoms with Gasteiger partial charge in [-0.15, -0.1) is 11.3 Å². The van der Waals surface area contributed by atoms with Gasteiger partial charge in [0.25, 0.3) is 0 Å². The Balaban J connectivity index is 1.74. The maximum absolute atomic E-state index is 4.52. The largest absolute Gasteiger partial charge is 0.362 e. The van der Waals surface area contributed by atoms with Gasteiger partial charge in [0.05, 0.1) is 12.2 Å². The molecule has 0 amide bonds. The Morgan fingerprint density at radius 1 is 1.35 bits per heavy atom. The predicted octanol–water partition coefficient (Wildman–Crippen LogP) is 2.17. The molecule has 3 aromatic heterocycles. The Morgan fingerprint density at radius 3 is 2.95 bits per heavy atom. The van der Waals surface area contributed by atoms with Crippen LogP contribution in [0.1, 0.15) is 11.3 Å². The molecule has 0 aliphatic carbocycles. The molecule has 0 bridgehead atoms. The van der Waals surface area contributed by atoms with E-state index < -0.39 is 0 Å². The Morgan fingerprint density at radius 2 is 2.20 bits per heavy atom.